The Hall–Kier alpha value is -2.54. The first-order valence-corrected chi connectivity index (χ1v) is 8.21. The van der Waals surface area contributed by atoms with Gasteiger partial charge in [-0.1, -0.05) is 11.6 Å². The minimum atomic E-state index is -0.865. The van der Waals surface area contributed by atoms with Crippen LogP contribution in [0.5, 0.6) is 0 Å². The van der Waals surface area contributed by atoms with Crippen LogP contribution in [0.3, 0.4) is 0 Å². The number of hydrogen-bond donors (Lipinski definition) is 0. The molecular weight excluding hydrogens is 368 g/mol. The fraction of sp³-hybridized carbons (Fsp3) is 0.278. The predicted molar refractivity (Wildman–Crippen MR) is 90.3 cm³/mol. The van der Waals surface area contributed by atoms with Crippen LogP contribution in [0.2, 0.25) is 5.02 Å². The number of carbonyl (C=O) groups is 2. The normalized spacial score (nSPS) is 10.5. The van der Waals surface area contributed by atoms with E-state index in [1.54, 1.807) is 13.8 Å². The lowest BCUT2D eigenvalue weighted by molar-refractivity contribution is 0.0473. The Morgan fingerprint density at radius 1 is 1.04 bits per heavy atom. The highest BCUT2D eigenvalue weighted by atomic mass is 35.5. The molecule has 26 heavy (non-hydrogen) atoms. The van der Waals surface area contributed by atoms with Crippen molar-refractivity contribution in [1.82, 2.24) is 4.98 Å². The summed E-state index contributed by atoms with van der Waals surface area (Å²) >= 11 is 5.68. The highest BCUT2D eigenvalue weighted by molar-refractivity contribution is 6.30. The number of carbonyl (C=O) groups excluding carboxylic acids is 2. The summed E-state index contributed by atoms with van der Waals surface area (Å²) in [5.74, 6) is -3.16. The van der Waals surface area contributed by atoms with Gasteiger partial charge in [0.2, 0.25) is 0 Å². The van der Waals surface area contributed by atoms with Crippen LogP contribution in [-0.4, -0.2) is 30.1 Å². The number of ether oxygens (including phenoxy) is 2. The van der Waals surface area contributed by atoms with Crippen molar-refractivity contribution in [2.45, 2.75) is 20.3 Å². The molecule has 2 rings (SSSR count). The molecule has 0 radical (unpaired) electrons. The first-order valence-electron chi connectivity index (χ1n) is 7.83. The number of aromatic nitrogens is 1. The summed E-state index contributed by atoms with van der Waals surface area (Å²) in [6.07, 6.45) is 1.31. The maximum Gasteiger partial charge on any atom is 0.357 e. The number of benzene rings is 1. The van der Waals surface area contributed by atoms with Crippen LogP contribution in [0.15, 0.2) is 24.4 Å². The molecule has 2 aromatic rings. The van der Waals surface area contributed by atoms with Crippen LogP contribution in [0.1, 0.15) is 45.8 Å². The molecule has 8 heteroatoms. The largest absolute Gasteiger partial charge is 0.462 e. The van der Waals surface area contributed by atoms with Gasteiger partial charge >= 0.3 is 11.9 Å². The van der Waals surface area contributed by atoms with Crippen molar-refractivity contribution < 1.29 is 27.8 Å². The Morgan fingerprint density at radius 2 is 1.69 bits per heavy atom. The number of rotatable bonds is 6. The quantitative estimate of drug-likeness (QED) is 0.558. The molecule has 0 fully saturated rings. The Bertz CT molecular complexity index is 842. The maximum atomic E-state index is 13.9. The summed E-state index contributed by atoms with van der Waals surface area (Å²) < 4.78 is 37.0. The third-order valence-corrected chi connectivity index (χ3v) is 3.68. The van der Waals surface area contributed by atoms with Gasteiger partial charge in [-0.2, -0.15) is 0 Å². The van der Waals surface area contributed by atoms with Crippen molar-refractivity contribution in [3.05, 3.63) is 63.4 Å². The van der Waals surface area contributed by atoms with Crippen molar-refractivity contribution in [3.8, 4) is 0 Å². The average molecular weight is 384 g/mol. The van der Waals surface area contributed by atoms with E-state index in [1.807, 2.05) is 0 Å². The van der Waals surface area contributed by atoms with Crippen LogP contribution >= 0.6 is 11.6 Å². The second-order valence-electron chi connectivity index (χ2n) is 5.22. The molecule has 0 aliphatic rings. The van der Waals surface area contributed by atoms with E-state index >= 15 is 0 Å². The summed E-state index contributed by atoms with van der Waals surface area (Å²) in [7, 11) is 0. The van der Waals surface area contributed by atoms with Gasteiger partial charge in [0.05, 0.1) is 23.8 Å². The number of hydrogen-bond acceptors (Lipinski definition) is 5. The van der Waals surface area contributed by atoms with Gasteiger partial charge in [-0.05, 0) is 37.1 Å². The van der Waals surface area contributed by atoms with Crippen LogP contribution in [-0.2, 0) is 15.9 Å². The molecule has 0 saturated carbocycles. The molecule has 0 amide bonds. The monoisotopic (exact) mass is 383 g/mol. The lowest BCUT2D eigenvalue weighted by Gasteiger charge is -2.10. The predicted octanol–water partition coefficient (Wildman–Crippen LogP) is 3.96. The Labute approximate surface area is 153 Å². The van der Waals surface area contributed by atoms with E-state index in [1.165, 1.54) is 12.3 Å². The highest BCUT2D eigenvalue weighted by Gasteiger charge is 2.22. The summed E-state index contributed by atoms with van der Waals surface area (Å²) in [6, 6.07) is 3.22. The fourth-order valence-electron chi connectivity index (χ4n) is 2.25. The second-order valence-corrected chi connectivity index (χ2v) is 5.62. The van der Waals surface area contributed by atoms with Gasteiger partial charge in [0, 0.05) is 18.7 Å². The van der Waals surface area contributed by atoms with Crippen molar-refractivity contribution in [2.75, 3.05) is 13.2 Å². The third kappa shape index (κ3) is 4.54. The zero-order valence-corrected chi connectivity index (χ0v) is 14.9. The smallest absolute Gasteiger partial charge is 0.357 e. The lowest BCUT2D eigenvalue weighted by atomic mass is 10.0. The SMILES string of the molecule is CCOC(=O)c1cc(Cc2cc(Cl)c(F)cc2F)cnc1C(=O)OCC. The molecule has 0 aliphatic carbocycles. The molecular formula is C18H16ClF2NO4. The van der Waals surface area contributed by atoms with Gasteiger partial charge in [0.25, 0.3) is 0 Å². The van der Waals surface area contributed by atoms with E-state index < -0.39 is 23.6 Å². The summed E-state index contributed by atoms with van der Waals surface area (Å²) in [6.45, 7) is 3.46. The highest BCUT2D eigenvalue weighted by Crippen LogP contribution is 2.22. The van der Waals surface area contributed by atoms with Gasteiger partial charge in [0.1, 0.15) is 11.6 Å². The molecule has 0 spiro atoms. The van der Waals surface area contributed by atoms with E-state index in [0.717, 1.165) is 6.07 Å². The van der Waals surface area contributed by atoms with Crippen LogP contribution in [0, 0.1) is 11.6 Å². The van der Waals surface area contributed by atoms with E-state index in [9.17, 15) is 18.4 Å². The molecule has 0 bridgehead atoms. The number of nitrogens with zero attached hydrogens (tertiary/aromatic N) is 1. The first kappa shape index (κ1) is 19.8. The molecule has 0 unspecified atom stereocenters. The minimum Gasteiger partial charge on any atom is -0.462 e. The van der Waals surface area contributed by atoms with Crippen molar-refractivity contribution >= 4 is 23.5 Å². The van der Waals surface area contributed by atoms with Gasteiger partial charge in [-0.15, -0.1) is 0 Å². The minimum absolute atomic E-state index is 0.00561. The fourth-order valence-corrected chi connectivity index (χ4v) is 2.44. The van der Waals surface area contributed by atoms with Gasteiger partial charge in [-0.3, -0.25) is 0 Å². The topological polar surface area (TPSA) is 65.5 Å². The molecule has 1 aromatic carbocycles. The Morgan fingerprint density at radius 3 is 2.35 bits per heavy atom. The first-order chi connectivity index (χ1) is 12.4. The van der Waals surface area contributed by atoms with Gasteiger partial charge in [-0.25, -0.2) is 23.4 Å². The van der Waals surface area contributed by atoms with Gasteiger partial charge < -0.3 is 9.47 Å². The van der Waals surface area contributed by atoms with Crippen molar-refractivity contribution in [3.63, 3.8) is 0 Å². The third-order valence-electron chi connectivity index (χ3n) is 3.39. The summed E-state index contributed by atoms with van der Waals surface area (Å²) in [4.78, 5) is 28.1. The lowest BCUT2D eigenvalue weighted by Crippen LogP contribution is -2.16. The molecule has 0 saturated heterocycles. The average Bonchev–Trinajstić information content (AvgIpc) is 2.60. The zero-order chi connectivity index (χ0) is 19.3. The molecule has 0 N–H and O–H groups in total. The number of halogens is 3. The zero-order valence-electron chi connectivity index (χ0n) is 14.1. The summed E-state index contributed by atoms with van der Waals surface area (Å²) in [5, 5.41) is -0.219. The standard InChI is InChI=1S/C18H16ClF2NO4/c1-3-25-17(23)12-6-10(9-22-16(12)18(24)26-4-2)5-11-7-13(19)15(21)8-14(11)20/h6-9H,3-5H2,1-2H3. The Kier molecular flexibility index (Phi) is 6.63. The number of pyridine rings is 1. The van der Waals surface area contributed by atoms with Crippen LogP contribution in [0.25, 0.3) is 0 Å². The molecule has 0 aliphatic heterocycles. The second kappa shape index (κ2) is 8.71. The molecule has 138 valence electrons. The molecule has 5 nitrogen and oxygen atoms in total. The van der Waals surface area contributed by atoms with E-state index in [4.69, 9.17) is 21.1 Å². The van der Waals surface area contributed by atoms with Crippen LogP contribution in [0.4, 0.5) is 8.78 Å². The van der Waals surface area contributed by atoms with Crippen LogP contribution < -0.4 is 0 Å². The van der Waals surface area contributed by atoms with E-state index in [2.05, 4.69) is 4.98 Å². The summed E-state index contributed by atoms with van der Waals surface area (Å²) in [5.41, 5.74) is 0.266. The van der Waals surface area contributed by atoms with Crippen molar-refractivity contribution in [1.29, 1.82) is 0 Å². The molecule has 0 atom stereocenters. The Balaban J connectivity index is 2.41. The van der Waals surface area contributed by atoms with Crippen molar-refractivity contribution in [2.24, 2.45) is 0 Å². The number of esters is 2. The molecule has 1 heterocycles. The van der Waals surface area contributed by atoms with Gasteiger partial charge in [0.15, 0.2) is 5.69 Å². The van der Waals surface area contributed by atoms with E-state index in [0.29, 0.717) is 11.6 Å². The van der Waals surface area contributed by atoms with E-state index in [-0.39, 0.29) is 41.5 Å². The molecule has 1 aromatic heterocycles. The maximum absolute atomic E-state index is 13.9.